The number of hydrogen-bond donors (Lipinski definition) is 0. The number of rotatable bonds is 7. The second-order valence-corrected chi connectivity index (χ2v) is 5.17. The molecule has 0 bridgehead atoms. The minimum Gasteiger partial charge on any atom is -0.484 e. The molecule has 0 aromatic heterocycles. The molecule has 1 fully saturated rings. The molecule has 0 saturated carbocycles. The van der Waals surface area contributed by atoms with Gasteiger partial charge in [0.1, 0.15) is 5.75 Å². The third kappa shape index (κ3) is 5.36. The Morgan fingerprint density at radius 1 is 1.14 bits per heavy atom. The molecule has 1 heterocycles. The lowest BCUT2D eigenvalue weighted by Gasteiger charge is -2.34. The van der Waals surface area contributed by atoms with E-state index < -0.39 is 0 Å². The van der Waals surface area contributed by atoms with Crippen LogP contribution in [-0.2, 0) is 9.53 Å². The maximum absolute atomic E-state index is 12.1. The fourth-order valence-corrected chi connectivity index (χ4v) is 2.41. The molecule has 116 valence electrons. The lowest BCUT2D eigenvalue weighted by atomic mass is 10.3. The second kappa shape index (κ2) is 8.64. The predicted octanol–water partition coefficient (Wildman–Crippen LogP) is 1.25. The van der Waals surface area contributed by atoms with Crippen LogP contribution in [0.15, 0.2) is 30.3 Å². The van der Waals surface area contributed by atoms with Gasteiger partial charge in [0.25, 0.3) is 5.91 Å². The molecule has 0 spiro atoms. The van der Waals surface area contributed by atoms with Crippen LogP contribution < -0.4 is 4.74 Å². The molecule has 1 aliphatic rings. The Morgan fingerprint density at radius 2 is 1.86 bits per heavy atom. The fraction of sp³-hybridized carbons (Fsp3) is 0.562. The first kappa shape index (κ1) is 15.8. The summed E-state index contributed by atoms with van der Waals surface area (Å²) in [5.41, 5.74) is 0. The van der Waals surface area contributed by atoms with E-state index >= 15 is 0 Å². The van der Waals surface area contributed by atoms with E-state index in [1.807, 2.05) is 35.2 Å². The van der Waals surface area contributed by atoms with Crippen molar-refractivity contribution >= 4 is 5.91 Å². The number of benzene rings is 1. The highest BCUT2D eigenvalue weighted by Crippen LogP contribution is 2.09. The van der Waals surface area contributed by atoms with Gasteiger partial charge >= 0.3 is 0 Å². The lowest BCUT2D eigenvalue weighted by molar-refractivity contribution is -0.135. The number of nitrogens with zero attached hydrogens (tertiary/aromatic N) is 2. The van der Waals surface area contributed by atoms with Gasteiger partial charge in [-0.05, 0) is 18.6 Å². The molecule has 1 saturated heterocycles. The summed E-state index contributed by atoms with van der Waals surface area (Å²) in [6.45, 7) is 5.38. The molecule has 21 heavy (non-hydrogen) atoms. The van der Waals surface area contributed by atoms with E-state index in [-0.39, 0.29) is 12.5 Å². The average Bonchev–Trinajstić information content (AvgIpc) is 2.54. The Balaban J connectivity index is 1.66. The molecule has 0 atom stereocenters. The van der Waals surface area contributed by atoms with Gasteiger partial charge in [0.15, 0.2) is 6.61 Å². The summed E-state index contributed by atoms with van der Waals surface area (Å²) in [4.78, 5) is 16.4. The van der Waals surface area contributed by atoms with Crippen LogP contribution >= 0.6 is 0 Å². The zero-order chi connectivity index (χ0) is 14.9. The van der Waals surface area contributed by atoms with Crippen LogP contribution in [0.5, 0.6) is 5.75 Å². The minimum atomic E-state index is 0.0652. The number of piperazine rings is 1. The number of carbonyl (C=O) groups excluding carboxylic acids is 1. The van der Waals surface area contributed by atoms with Gasteiger partial charge in [-0.3, -0.25) is 9.69 Å². The Morgan fingerprint density at radius 3 is 2.52 bits per heavy atom. The third-order valence-electron chi connectivity index (χ3n) is 3.65. The van der Waals surface area contributed by atoms with E-state index in [1.165, 1.54) is 0 Å². The summed E-state index contributed by atoms with van der Waals surface area (Å²) >= 11 is 0. The van der Waals surface area contributed by atoms with Crippen molar-refractivity contribution < 1.29 is 14.3 Å². The van der Waals surface area contributed by atoms with Gasteiger partial charge in [0.05, 0.1) is 0 Å². The van der Waals surface area contributed by atoms with Crippen LogP contribution in [0.4, 0.5) is 0 Å². The van der Waals surface area contributed by atoms with Crippen molar-refractivity contribution in [1.29, 1.82) is 0 Å². The predicted molar refractivity (Wildman–Crippen MR) is 81.5 cm³/mol. The Hall–Kier alpha value is -1.59. The second-order valence-electron chi connectivity index (χ2n) is 5.17. The Bertz CT molecular complexity index is 417. The van der Waals surface area contributed by atoms with Crippen LogP contribution in [-0.4, -0.2) is 68.8 Å². The van der Waals surface area contributed by atoms with E-state index in [0.29, 0.717) is 0 Å². The molecule has 0 radical (unpaired) electrons. The fourth-order valence-electron chi connectivity index (χ4n) is 2.41. The van der Waals surface area contributed by atoms with Crippen molar-refractivity contribution in [2.75, 3.05) is 53.0 Å². The number of methoxy groups -OCH3 is 1. The van der Waals surface area contributed by atoms with E-state index in [9.17, 15) is 4.79 Å². The summed E-state index contributed by atoms with van der Waals surface area (Å²) in [6, 6.07) is 9.46. The molecule has 2 rings (SSSR count). The highest BCUT2D eigenvalue weighted by Gasteiger charge is 2.20. The molecular formula is C16H24N2O3. The van der Waals surface area contributed by atoms with E-state index in [1.54, 1.807) is 7.11 Å². The van der Waals surface area contributed by atoms with Crippen LogP contribution in [0.3, 0.4) is 0 Å². The van der Waals surface area contributed by atoms with Gasteiger partial charge in [0, 0.05) is 46.4 Å². The van der Waals surface area contributed by atoms with Crippen molar-refractivity contribution in [2.45, 2.75) is 6.42 Å². The summed E-state index contributed by atoms with van der Waals surface area (Å²) in [5.74, 6) is 0.805. The molecule has 0 N–H and O–H groups in total. The number of amides is 1. The number of carbonyl (C=O) groups is 1. The standard InChI is InChI=1S/C16H24N2O3/c1-20-13-5-8-17-9-11-18(12-10-17)16(19)14-21-15-6-3-2-4-7-15/h2-4,6-7H,5,8-14H2,1H3. The smallest absolute Gasteiger partial charge is 0.260 e. The first-order chi connectivity index (χ1) is 10.3. The van der Waals surface area contributed by atoms with Gasteiger partial charge < -0.3 is 14.4 Å². The van der Waals surface area contributed by atoms with Crippen LogP contribution in [0, 0.1) is 0 Å². The molecule has 5 heteroatoms. The first-order valence-electron chi connectivity index (χ1n) is 7.46. The van der Waals surface area contributed by atoms with Crippen molar-refractivity contribution in [1.82, 2.24) is 9.80 Å². The van der Waals surface area contributed by atoms with Gasteiger partial charge in [-0.2, -0.15) is 0 Å². The van der Waals surface area contributed by atoms with Crippen molar-refractivity contribution in [3.8, 4) is 5.75 Å². The van der Waals surface area contributed by atoms with Gasteiger partial charge in [0.2, 0.25) is 0 Å². The zero-order valence-corrected chi connectivity index (χ0v) is 12.7. The highest BCUT2D eigenvalue weighted by atomic mass is 16.5. The van der Waals surface area contributed by atoms with Crippen molar-refractivity contribution in [2.24, 2.45) is 0 Å². The number of ether oxygens (including phenoxy) is 2. The van der Waals surface area contributed by atoms with Gasteiger partial charge in [-0.25, -0.2) is 0 Å². The van der Waals surface area contributed by atoms with Gasteiger partial charge in [-0.15, -0.1) is 0 Å². The molecule has 0 aliphatic carbocycles. The van der Waals surface area contributed by atoms with Crippen LogP contribution in [0.1, 0.15) is 6.42 Å². The van der Waals surface area contributed by atoms with Gasteiger partial charge in [-0.1, -0.05) is 18.2 Å². The minimum absolute atomic E-state index is 0.0652. The highest BCUT2D eigenvalue weighted by molar-refractivity contribution is 5.77. The lowest BCUT2D eigenvalue weighted by Crippen LogP contribution is -2.50. The van der Waals surface area contributed by atoms with Crippen molar-refractivity contribution in [3.63, 3.8) is 0 Å². The van der Waals surface area contributed by atoms with E-state index in [2.05, 4.69) is 4.90 Å². The van der Waals surface area contributed by atoms with Crippen LogP contribution in [0.2, 0.25) is 0 Å². The Kier molecular flexibility index (Phi) is 6.50. The third-order valence-corrected chi connectivity index (χ3v) is 3.65. The maximum atomic E-state index is 12.1. The maximum Gasteiger partial charge on any atom is 0.260 e. The average molecular weight is 292 g/mol. The molecule has 1 amide bonds. The first-order valence-corrected chi connectivity index (χ1v) is 7.46. The zero-order valence-electron chi connectivity index (χ0n) is 12.7. The molecule has 0 unspecified atom stereocenters. The summed E-state index contributed by atoms with van der Waals surface area (Å²) in [6.07, 6.45) is 1.04. The van der Waals surface area contributed by atoms with E-state index in [0.717, 1.165) is 51.5 Å². The quantitative estimate of drug-likeness (QED) is 0.709. The SMILES string of the molecule is COCCCN1CCN(C(=O)COc2ccccc2)CC1. The monoisotopic (exact) mass is 292 g/mol. The molecule has 1 aromatic rings. The summed E-state index contributed by atoms with van der Waals surface area (Å²) in [7, 11) is 1.73. The number of hydrogen-bond acceptors (Lipinski definition) is 4. The molecular weight excluding hydrogens is 268 g/mol. The number of para-hydroxylation sites is 1. The summed E-state index contributed by atoms with van der Waals surface area (Å²) in [5, 5.41) is 0. The van der Waals surface area contributed by atoms with Crippen LogP contribution in [0.25, 0.3) is 0 Å². The summed E-state index contributed by atoms with van der Waals surface area (Å²) < 4.78 is 10.6. The van der Waals surface area contributed by atoms with Crippen molar-refractivity contribution in [3.05, 3.63) is 30.3 Å². The normalized spacial score (nSPS) is 16.0. The molecule has 1 aliphatic heterocycles. The topological polar surface area (TPSA) is 42.0 Å². The van der Waals surface area contributed by atoms with E-state index in [4.69, 9.17) is 9.47 Å². The molecule has 1 aromatic carbocycles. The molecule has 5 nitrogen and oxygen atoms in total. The Labute approximate surface area is 126 Å². The largest absolute Gasteiger partial charge is 0.484 e.